The average Bonchev–Trinajstić information content (AvgIpc) is 3.03. The van der Waals surface area contributed by atoms with Crippen LogP contribution in [0.4, 0.5) is 0 Å². The van der Waals surface area contributed by atoms with Crippen molar-refractivity contribution in [1.82, 2.24) is 0 Å². The molecule has 148 valence electrons. The van der Waals surface area contributed by atoms with Crippen LogP contribution < -0.4 is 0 Å². The summed E-state index contributed by atoms with van der Waals surface area (Å²) in [5.74, 6) is 1.09. The minimum absolute atomic E-state index is 0.0122. The molecule has 2 rings (SSSR count). The molecule has 1 saturated carbocycles. The average molecular weight is 366 g/mol. The van der Waals surface area contributed by atoms with E-state index < -0.39 is 11.6 Å². The number of hydrogen-bond acceptors (Lipinski definition) is 5. The van der Waals surface area contributed by atoms with Gasteiger partial charge in [0, 0.05) is 5.92 Å². The fourth-order valence-electron chi connectivity index (χ4n) is 3.85. The van der Waals surface area contributed by atoms with Crippen molar-refractivity contribution < 1.29 is 19.1 Å². The van der Waals surface area contributed by atoms with Crippen molar-refractivity contribution in [3.63, 3.8) is 0 Å². The normalized spacial score (nSPS) is 22.5. The predicted molar refractivity (Wildman–Crippen MR) is 102 cm³/mol. The Morgan fingerprint density at radius 1 is 1.23 bits per heavy atom. The highest BCUT2D eigenvalue weighted by molar-refractivity contribution is 5.90. The largest absolute Gasteiger partial charge is 0.478 e. The van der Waals surface area contributed by atoms with Gasteiger partial charge in [-0.05, 0) is 40.0 Å². The summed E-state index contributed by atoms with van der Waals surface area (Å²) in [6, 6.07) is -0.413. The van der Waals surface area contributed by atoms with Crippen LogP contribution in [0.1, 0.15) is 85.5 Å². The molecule has 0 saturated heterocycles. The molecule has 0 radical (unpaired) electrons. The fourth-order valence-corrected chi connectivity index (χ4v) is 3.85. The van der Waals surface area contributed by atoms with Crippen molar-refractivity contribution in [3.05, 3.63) is 0 Å². The molecule has 1 aliphatic heterocycles. The molecule has 0 bridgehead atoms. The van der Waals surface area contributed by atoms with E-state index in [9.17, 15) is 9.59 Å². The Balaban J connectivity index is 1.93. The third-order valence-electron chi connectivity index (χ3n) is 5.21. The number of ketones is 1. The molecular formula is C21H35NO4. The molecule has 26 heavy (non-hydrogen) atoms. The summed E-state index contributed by atoms with van der Waals surface area (Å²) in [5, 5.41) is 0. The molecule has 5 nitrogen and oxygen atoms in total. The Kier molecular flexibility index (Phi) is 7.66. The Morgan fingerprint density at radius 2 is 1.92 bits per heavy atom. The molecule has 0 unspecified atom stereocenters. The Labute approximate surface area is 157 Å². The lowest BCUT2D eigenvalue weighted by atomic mass is 9.84. The van der Waals surface area contributed by atoms with Gasteiger partial charge < -0.3 is 9.47 Å². The Hall–Kier alpha value is -1.39. The quantitative estimate of drug-likeness (QED) is 0.595. The highest BCUT2D eigenvalue weighted by Crippen LogP contribution is 2.30. The summed E-state index contributed by atoms with van der Waals surface area (Å²) in [7, 11) is 0. The number of ether oxygens (including phenoxy) is 2. The highest BCUT2D eigenvalue weighted by Gasteiger charge is 2.31. The summed E-state index contributed by atoms with van der Waals surface area (Å²) in [6.07, 6.45) is 10.1. The van der Waals surface area contributed by atoms with E-state index in [-0.39, 0.29) is 24.1 Å². The van der Waals surface area contributed by atoms with Gasteiger partial charge >= 0.3 is 5.97 Å². The lowest BCUT2D eigenvalue weighted by molar-refractivity contribution is -0.155. The number of hydrogen-bond donors (Lipinski definition) is 0. The van der Waals surface area contributed by atoms with Crippen LogP contribution in [-0.2, 0) is 19.1 Å². The second kappa shape index (κ2) is 9.52. The smallest absolute Gasteiger partial charge is 0.307 e. The van der Waals surface area contributed by atoms with E-state index in [1.54, 1.807) is 0 Å². The van der Waals surface area contributed by atoms with E-state index in [4.69, 9.17) is 9.47 Å². The number of carbonyl (C=O) groups excluding carboxylic acids is 2. The maximum absolute atomic E-state index is 12.3. The first kappa shape index (κ1) is 20.9. The third-order valence-corrected chi connectivity index (χ3v) is 5.21. The van der Waals surface area contributed by atoms with Gasteiger partial charge in [-0.15, -0.1) is 0 Å². The Bertz CT molecular complexity index is 515. The van der Waals surface area contributed by atoms with Crippen LogP contribution in [0.5, 0.6) is 0 Å². The topological polar surface area (TPSA) is 65.0 Å². The zero-order chi connectivity index (χ0) is 19.2. The van der Waals surface area contributed by atoms with Crippen molar-refractivity contribution in [2.75, 3.05) is 6.61 Å². The molecule has 0 aromatic heterocycles. The van der Waals surface area contributed by atoms with Gasteiger partial charge in [0.2, 0.25) is 0 Å². The summed E-state index contributed by atoms with van der Waals surface area (Å²) < 4.78 is 11.2. The van der Waals surface area contributed by atoms with E-state index in [1.165, 1.54) is 45.4 Å². The van der Waals surface area contributed by atoms with E-state index >= 15 is 0 Å². The number of nitrogens with zero attached hydrogens (tertiary/aromatic N) is 1. The summed E-state index contributed by atoms with van der Waals surface area (Å²) in [6.45, 7) is 7.46. The first-order chi connectivity index (χ1) is 12.2. The van der Waals surface area contributed by atoms with E-state index in [2.05, 4.69) is 4.99 Å². The number of aliphatic imine (C=N–C) groups is 1. The molecule has 1 aliphatic carbocycles. The standard InChI is InChI=1S/C21H35NO4/c1-15(23)18-14-25-20(22-18)17(13-19(24)26-21(2,3)4)12-8-11-16-9-6-5-7-10-16/h16-18H,5-14H2,1-4H3/t17-,18+/m1/s1. The molecule has 0 spiro atoms. The fraction of sp³-hybridized carbons (Fsp3) is 0.857. The SMILES string of the molecule is CC(=O)[C@@H]1COC([C@H](CCCC2CCCCC2)CC(=O)OC(C)(C)C)=N1. The van der Waals surface area contributed by atoms with Crippen LogP contribution in [-0.4, -0.2) is 35.9 Å². The van der Waals surface area contributed by atoms with Gasteiger partial charge in [0.1, 0.15) is 18.2 Å². The molecule has 0 N–H and O–H groups in total. The maximum Gasteiger partial charge on any atom is 0.307 e. The van der Waals surface area contributed by atoms with Crippen LogP contribution in [0, 0.1) is 11.8 Å². The van der Waals surface area contributed by atoms with Crippen LogP contribution in [0.15, 0.2) is 4.99 Å². The number of carbonyl (C=O) groups is 2. The van der Waals surface area contributed by atoms with Crippen molar-refractivity contribution in [2.45, 2.75) is 97.1 Å². The summed E-state index contributed by atoms with van der Waals surface area (Å²) >= 11 is 0. The molecule has 2 aliphatic rings. The van der Waals surface area contributed by atoms with Gasteiger partial charge in [-0.1, -0.05) is 44.9 Å². The number of Topliss-reactive ketones (excluding diaryl/α,β-unsaturated/α-hetero) is 1. The van der Waals surface area contributed by atoms with Gasteiger partial charge in [-0.25, -0.2) is 4.99 Å². The maximum atomic E-state index is 12.3. The number of rotatable bonds is 8. The van der Waals surface area contributed by atoms with Crippen molar-refractivity contribution in [2.24, 2.45) is 16.8 Å². The minimum Gasteiger partial charge on any atom is -0.478 e. The first-order valence-electron chi connectivity index (χ1n) is 10.2. The van der Waals surface area contributed by atoms with Crippen molar-refractivity contribution >= 4 is 17.7 Å². The molecule has 1 heterocycles. The Morgan fingerprint density at radius 3 is 2.50 bits per heavy atom. The monoisotopic (exact) mass is 365 g/mol. The molecule has 0 aromatic rings. The van der Waals surface area contributed by atoms with Crippen molar-refractivity contribution in [1.29, 1.82) is 0 Å². The van der Waals surface area contributed by atoms with E-state index in [0.29, 0.717) is 12.5 Å². The van der Waals surface area contributed by atoms with Gasteiger partial charge in [-0.3, -0.25) is 9.59 Å². The van der Waals surface area contributed by atoms with Crippen LogP contribution in [0.25, 0.3) is 0 Å². The molecule has 2 atom stereocenters. The van der Waals surface area contributed by atoms with Crippen LogP contribution in [0.2, 0.25) is 0 Å². The molecule has 1 fully saturated rings. The number of esters is 1. The molecule has 5 heteroatoms. The van der Waals surface area contributed by atoms with E-state index in [0.717, 1.165) is 18.8 Å². The second-order valence-electron chi connectivity index (χ2n) is 8.83. The summed E-state index contributed by atoms with van der Waals surface area (Å²) in [5.41, 5.74) is -0.496. The van der Waals surface area contributed by atoms with Gasteiger partial charge in [0.15, 0.2) is 11.7 Å². The lowest BCUT2D eigenvalue weighted by Crippen LogP contribution is -2.27. The molecular weight excluding hydrogens is 330 g/mol. The third kappa shape index (κ3) is 7.08. The first-order valence-corrected chi connectivity index (χ1v) is 10.2. The zero-order valence-electron chi connectivity index (χ0n) is 16.9. The minimum atomic E-state index is -0.496. The second-order valence-corrected chi connectivity index (χ2v) is 8.83. The van der Waals surface area contributed by atoms with Crippen LogP contribution in [0.3, 0.4) is 0 Å². The zero-order valence-corrected chi connectivity index (χ0v) is 16.9. The predicted octanol–water partition coefficient (Wildman–Crippen LogP) is 4.47. The van der Waals surface area contributed by atoms with Crippen molar-refractivity contribution in [3.8, 4) is 0 Å². The van der Waals surface area contributed by atoms with Gasteiger partial charge in [-0.2, -0.15) is 0 Å². The van der Waals surface area contributed by atoms with Crippen LogP contribution >= 0.6 is 0 Å². The lowest BCUT2D eigenvalue weighted by Gasteiger charge is -2.24. The molecule has 0 amide bonds. The molecule has 0 aromatic carbocycles. The van der Waals surface area contributed by atoms with Gasteiger partial charge in [0.25, 0.3) is 0 Å². The van der Waals surface area contributed by atoms with E-state index in [1.807, 2.05) is 20.8 Å². The van der Waals surface area contributed by atoms with Gasteiger partial charge in [0.05, 0.1) is 6.42 Å². The highest BCUT2D eigenvalue weighted by atomic mass is 16.6. The summed E-state index contributed by atoms with van der Waals surface area (Å²) in [4.78, 5) is 28.3.